The number of amides is 3. The van der Waals surface area contributed by atoms with Gasteiger partial charge in [-0.2, -0.15) is 0 Å². The second-order valence-corrected chi connectivity index (χ2v) is 15.1. The minimum Gasteiger partial charge on any atom is -0.467 e. The molecule has 1 aliphatic rings. The number of nitrogens with one attached hydrogen (secondary N) is 3. The predicted octanol–water partition coefficient (Wildman–Crippen LogP) is 6.50. The Morgan fingerprint density at radius 2 is 1.27 bits per heavy atom. The third-order valence-corrected chi connectivity index (χ3v) is 11.8. The largest absolute Gasteiger partial charge is 0.467 e. The summed E-state index contributed by atoms with van der Waals surface area (Å²) in [6.45, 7) is -0.113. The molecule has 1 fully saturated rings. The third-order valence-electron chi connectivity index (χ3n) is 10.2. The Bertz CT molecular complexity index is 1710. The van der Waals surface area contributed by atoms with E-state index in [0.29, 0.717) is 31.4 Å². The van der Waals surface area contributed by atoms with E-state index < -0.39 is 40.2 Å². The maximum Gasteiger partial charge on any atom is 0.408 e. The first-order valence-corrected chi connectivity index (χ1v) is 19.8. The van der Waals surface area contributed by atoms with E-state index in [4.69, 9.17) is 9.47 Å². The molecule has 4 aromatic carbocycles. The van der Waals surface area contributed by atoms with Crippen molar-refractivity contribution in [2.45, 2.75) is 68.4 Å². The van der Waals surface area contributed by atoms with Gasteiger partial charge >= 0.3 is 12.1 Å². The molecule has 0 heterocycles. The van der Waals surface area contributed by atoms with Gasteiger partial charge in [0.05, 0.1) is 17.3 Å². The van der Waals surface area contributed by atoms with Crippen LogP contribution in [0, 0.1) is 5.41 Å². The summed E-state index contributed by atoms with van der Waals surface area (Å²) in [6, 6.07) is 38.2. The molecule has 1 saturated carbocycles. The van der Waals surface area contributed by atoms with Gasteiger partial charge in [-0.3, -0.25) is 9.59 Å². The lowest BCUT2D eigenvalue weighted by atomic mass is 9.81. The number of aliphatic hydroxyl groups excluding tert-OH is 1. The van der Waals surface area contributed by atoms with Gasteiger partial charge in [-0.25, -0.2) is 9.59 Å². The number of esters is 1. The Labute approximate surface area is 327 Å². The maximum absolute atomic E-state index is 14.1. The zero-order chi connectivity index (χ0) is 38.9. The zero-order valence-corrected chi connectivity index (χ0v) is 32.1. The first kappa shape index (κ1) is 41.0. The van der Waals surface area contributed by atoms with Crippen LogP contribution < -0.4 is 16.0 Å². The van der Waals surface area contributed by atoms with Crippen molar-refractivity contribution in [3.8, 4) is 0 Å². The van der Waals surface area contributed by atoms with Crippen LogP contribution in [0.3, 0.4) is 0 Å². The number of carbonyl (C=O) groups excluding carboxylic acids is 4. The summed E-state index contributed by atoms with van der Waals surface area (Å²) in [5, 5.41) is 18.0. The molecule has 2 atom stereocenters. The third kappa shape index (κ3) is 10.8. The Morgan fingerprint density at radius 1 is 0.745 bits per heavy atom. The summed E-state index contributed by atoms with van der Waals surface area (Å²) < 4.78 is 9.88. The highest BCUT2D eigenvalue weighted by molar-refractivity contribution is 8.00. The van der Waals surface area contributed by atoms with Crippen LogP contribution in [0.2, 0.25) is 0 Å². The van der Waals surface area contributed by atoms with Gasteiger partial charge in [0.1, 0.15) is 18.7 Å². The first-order chi connectivity index (χ1) is 26.8. The van der Waals surface area contributed by atoms with Crippen molar-refractivity contribution in [3.05, 3.63) is 144 Å². The molecule has 0 aromatic heterocycles. The van der Waals surface area contributed by atoms with Crippen LogP contribution in [0.5, 0.6) is 0 Å². The molecule has 1 aliphatic carbocycles. The second-order valence-electron chi connectivity index (χ2n) is 13.8. The predicted molar refractivity (Wildman–Crippen MR) is 214 cm³/mol. The molecule has 0 saturated heterocycles. The standard InChI is InChI=1S/C44H51N3O7S/c1-53-40(50)38(25-31-55-44(34-18-8-3-9-19-34,35-20-10-4-11-21-35)36-22-12-5-13-23-36)46-41(51)43(26-14-15-27-43)28-29-45-39(49)37(24-30-48)47-42(52)54-32-33-16-6-2-7-17-33/h2-13,16-23,37-38,48H,14-15,24-32H2,1H3,(H,45,49)(H,46,51)(H,47,52)/t37-,38-/m0/s1. The van der Waals surface area contributed by atoms with Crippen molar-refractivity contribution < 1.29 is 33.8 Å². The highest BCUT2D eigenvalue weighted by Crippen LogP contribution is 2.49. The number of hydrogen-bond acceptors (Lipinski definition) is 8. The Balaban J connectivity index is 1.24. The average Bonchev–Trinajstić information content (AvgIpc) is 3.72. The normalized spacial score (nSPS) is 14.6. The quantitative estimate of drug-likeness (QED) is 0.0626. The van der Waals surface area contributed by atoms with Crippen LogP contribution in [0.4, 0.5) is 4.79 Å². The Morgan fingerprint density at radius 3 is 1.78 bits per heavy atom. The fraction of sp³-hybridized carbons (Fsp3) is 0.364. The lowest BCUT2D eigenvalue weighted by Gasteiger charge is -2.36. The smallest absolute Gasteiger partial charge is 0.408 e. The van der Waals surface area contributed by atoms with Gasteiger partial charge in [-0.15, -0.1) is 11.8 Å². The number of aliphatic hydroxyl groups is 1. The van der Waals surface area contributed by atoms with Crippen LogP contribution in [0.15, 0.2) is 121 Å². The van der Waals surface area contributed by atoms with Crippen molar-refractivity contribution in [2.24, 2.45) is 5.41 Å². The van der Waals surface area contributed by atoms with Gasteiger partial charge in [-0.05, 0) is 60.1 Å². The van der Waals surface area contributed by atoms with E-state index in [1.165, 1.54) is 7.11 Å². The number of thioether (sulfide) groups is 1. The number of ether oxygens (including phenoxy) is 2. The Kier molecular flexibility index (Phi) is 15.3. The van der Waals surface area contributed by atoms with E-state index in [0.717, 1.165) is 35.1 Å². The van der Waals surface area contributed by atoms with Crippen LogP contribution in [0.25, 0.3) is 0 Å². The molecular weight excluding hydrogens is 715 g/mol. The van der Waals surface area contributed by atoms with E-state index in [1.54, 1.807) is 11.8 Å². The van der Waals surface area contributed by atoms with Crippen molar-refractivity contribution in [1.29, 1.82) is 0 Å². The number of rotatable bonds is 19. The van der Waals surface area contributed by atoms with Gasteiger partial charge in [0.25, 0.3) is 0 Å². The lowest BCUT2D eigenvalue weighted by molar-refractivity contribution is -0.146. The molecule has 0 bridgehead atoms. The first-order valence-electron chi connectivity index (χ1n) is 18.9. The lowest BCUT2D eigenvalue weighted by Crippen LogP contribution is -2.50. The van der Waals surface area contributed by atoms with Crippen LogP contribution in [0.1, 0.15) is 67.2 Å². The maximum atomic E-state index is 14.1. The van der Waals surface area contributed by atoms with Gasteiger partial charge in [0.15, 0.2) is 0 Å². The highest BCUT2D eigenvalue weighted by atomic mass is 32.2. The van der Waals surface area contributed by atoms with Gasteiger partial charge < -0.3 is 30.5 Å². The van der Waals surface area contributed by atoms with Crippen molar-refractivity contribution in [1.82, 2.24) is 16.0 Å². The molecule has 0 unspecified atom stereocenters. The molecule has 11 heteroatoms. The summed E-state index contributed by atoms with van der Waals surface area (Å²) in [5.74, 6) is -0.719. The van der Waals surface area contributed by atoms with Crippen LogP contribution in [-0.4, -0.2) is 67.1 Å². The molecular formula is C44H51N3O7S. The van der Waals surface area contributed by atoms with Crippen molar-refractivity contribution >= 4 is 35.6 Å². The fourth-order valence-corrected chi connectivity index (χ4v) is 8.86. The van der Waals surface area contributed by atoms with E-state index in [-0.39, 0.29) is 32.1 Å². The summed E-state index contributed by atoms with van der Waals surface area (Å²) in [6.07, 6.45) is 2.81. The molecule has 0 spiro atoms. The number of methoxy groups -OCH3 is 1. The molecule has 4 N–H and O–H groups in total. The number of benzene rings is 4. The number of carbonyl (C=O) groups is 4. The van der Waals surface area contributed by atoms with E-state index in [9.17, 15) is 24.3 Å². The monoisotopic (exact) mass is 765 g/mol. The van der Waals surface area contributed by atoms with E-state index >= 15 is 0 Å². The molecule has 0 aliphatic heterocycles. The van der Waals surface area contributed by atoms with E-state index in [2.05, 4.69) is 52.3 Å². The molecule has 4 aromatic rings. The molecule has 290 valence electrons. The van der Waals surface area contributed by atoms with Gasteiger partial charge in [-0.1, -0.05) is 134 Å². The minimum absolute atomic E-state index is 0.00315. The van der Waals surface area contributed by atoms with Crippen molar-refractivity contribution in [2.75, 3.05) is 26.0 Å². The molecule has 0 radical (unpaired) electrons. The minimum atomic E-state index is -1.02. The average molecular weight is 766 g/mol. The number of hydrogen-bond donors (Lipinski definition) is 4. The number of alkyl carbamates (subject to hydrolysis) is 1. The van der Waals surface area contributed by atoms with Crippen LogP contribution in [-0.2, 0) is 35.2 Å². The summed E-state index contributed by atoms with van der Waals surface area (Å²) in [5.41, 5.74) is 3.31. The van der Waals surface area contributed by atoms with Gasteiger partial charge in [0.2, 0.25) is 11.8 Å². The second kappa shape index (κ2) is 20.5. The zero-order valence-electron chi connectivity index (χ0n) is 31.3. The molecule has 55 heavy (non-hydrogen) atoms. The Hall–Kier alpha value is -5.13. The molecule has 3 amide bonds. The topological polar surface area (TPSA) is 143 Å². The molecule has 10 nitrogen and oxygen atoms in total. The molecule has 5 rings (SSSR count). The van der Waals surface area contributed by atoms with Crippen molar-refractivity contribution in [3.63, 3.8) is 0 Å². The van der Waals surface area contributed by atoms with Gasteiger partial charge in [0, 0.05) is 13.2 Å². The SMILES string of the molecule is COC(=O)[C@H](CCSC(c1ccccc1)(c1ccccc1)c1ccccc1)NC(=O)C1(CCNC(=O)[C@H](CCO)NC(=O)OCc2ccccc2)CCCC1. The summed E-state index contributed by atoms with van der Waals surface area (Å²) in [4.78, 5) is 53.0. The highest BCUT2D eigenvalue weighted by Gasteiger charge is 2.43. The van der Waals surface area contributed by atoms with E-state index in [1.807, 2.05) is 84.9 Å². The fourth-order valence-electron chi connectivity index (χ4n) is 7.30. The van der Waals surface area contributed by atoms with Crippen LogP contribution >= 0.6 is 11.8 Å². The summed E-state index contributed by atoms with van der Waals surface area (Å²) >= 11 is 1.71. The summed E-state index contributed by atoms with van der Waals surface area (Å²) in [7, 11) is 1.33.